The van der Waals surface area contributed by atoms with E-state index in [1.54, 1.807) is 18.2 Å². The van der Waals surface area contributed by atoms with Crippen molar-refractivity contribution in [2.75, 3.05) is 10.6 Å². The number of H-pyrrole nitrogens is 1. The fourth-order valence-corrected chi connectivity index (χ4v) is 2.74. The maximum Gasteiger partial charge on any atom is 0.211 e. The zero-order valence-corrected chi connectivity index (χ0v) is 16.5. The number of nitrogens with zero attached hydrogens (tertiary/aromatic N) is 2. The smallest absolute Gasteiger partial charge is 0.211 e. The van der Waals surface area contributed by atoms with Crippen molar-refractivity contribution in [2.24, 2.45) is 5.73 Å². The van der Waals surface area contributed by atoms with E-state index in [4.69, 9.17) is 10.5 Å². The molecular formula is C20H24F2N6O. The lowest BCUT2D eigenvalue weighted by Gasteiger charge is -2.18. The molecule has 154 valence electrons. The quantitative estimate of drug-likeness (QED) is 0.450. The Kier molecular flexibility index (Phi) is 6.28. The zero-order chi connectivity index (χ0) is 21.0. The highest BCUT2D eigenvalue weighted by atomic mass is 19.1. The highest BCUT2D eigenvalue weighted by molar-refractivity contribution is 5.59. The van der Waals surface area contributed by atoms with Crippen LogP contribution in [0.25, 0.3) is 0 Å². The largest absolute Gasteiger partial charge is 0.475 e. The van der Waals surface area contributed by atoms with Crippen LogP contribution in [0.3, 0.4) is 0 Å². The first-order chi connectivity index (χ1) is 13.9. The van der Waals surface area contributed by atoms with E-state index in [1.165, 1.54) is 18.2 Å². The molecule has 0 amide bonds. The van der Waals surface area contributed by atoms with Gasteiger partial charge in [0.25, 0.3) is 0 Å². The molecule has 3 rings (SSSR count). The number of aromatic amines is 1. The van der Waals surface area contributed by atoms with Crippen molar-refractivity contribution in [2.45, 2.75) is 39.5 Å². The van der Waals surface area contributed by atoms with Gasteiger partial charge in [0.1, 0.15) is 11.6 Å². The summed E-state index contributed by atoms with van der Waals surface area (Å²) in [5, 5.41) is 12.8. The van der Waals surface area contributed by atoms with Gasteiger partial charge in [-0.3, -0.25) is 0 Å². The molecule has 2 aromatic heterocycles. The molecule has 0 radical (unpaired) electrons. The third-order valence-corrected chi connectivity index (χ3v) is 4.16. The normalized spacial score (nSPS) is 12.1. The first-order valence-electron chi connectivity index (χ1n) is 9.26. The summed E-state index contributed by atoms with van der Waals surface area (Å²) >= 11 is 0. The number of anilines is 3. The van der Waals surface area contributed by atoms with Crippen molar-refractivity contribution in [1.29, 1.82) is 0 Å². The van der Waals surface area contributed by atoms with Crippen molar-refractivity contribution in [1.82, 2.24) is 15.2 Å². The van der Waals surface area contributed by atoms with Crippen LogP contribution in [0.1, 0.15) is 37.9 Å². The van der Waals surface area contributed by atoms with Gasteiger partial charge >= 0.3 is 0 Å². The van der Waals surface area contributed by atoms with Gasteiger partial charge < -0.3 is 21.1 Å². The van der Waals surface area contributed by atoms with Crippen LogP contribution in [-0.2, 0) is 6.54 Å². The highest BCUT2D eigenvalue weighted by Crippen LogP contribution is 2.27. The number of pyridine rings is 1. The van der Waals surface area contributed by atoms with Crippen molar-refractivity contribution >= 4 is 17.5 Å². The van der Waals surface area contributed by atoms with Gasteiger partial charge in [-0.05, 0) is 44.5 Å². The van der Waals surface area contributed by atoms with Gasteiger partial charge in [-0.2, -0.15) is 5.10 Å². The van der Waals surface area contributed by atoms with Crippen molar-refractivity contribution < 1.29 is 13.5 Å². The van der Waals surface area contributed by atoms with E-state index in [0.29, 0.717) is 23.1 Å². The van der Waals surface area contributed by atoms with Crippen LogP contribution in [0, 0.1) is 11.6 Å². The average Bonchev–Trinajstić information content (AvgIpc) is 3.10. The Morgan fingerprint density at radius 1 is 1.10 bits per heavy atom. The first-order valence-corrected chi connectivity index (χ1v) is 9.26. The summed E-state index contributed by atoms with van der Waals surface area (Å²) in [5.41, 5.74) is 7.14. The Balaban J connectivity index is 1.82. The van der Waals surface area contributed by atoms with Gasteiger partial charge in [0.15, 0.2) is 17.5 Å². The number of hydrogen-bond donors (Lipinski definition) is 4. The maximum atomic E-state index is 14.5. The van der Waals surface area contributed by atoms with Crippen molar-refractivity contribution in [3.05, 3.63) is 59.2 Å². The number of nitrogens with one attached hydrogen (secondary N) is 3. The summed E-state index contributed by atoms with van der Waals surface area (Å²) in [5.74, 6) is 0.394. The van der Waals surface area contributed by atoms with Crippen LogP contribution >= 0.6 is 0 Å². The number of rotatable bonds is 8. The molecular weight excluding hydrogens is 378 g/mol. The molecule has 1 atom stereocenters. The average molecular weight is 402 g/mol. The third kappa shape index (κ3) is 5.20. The molecule has 1 aromatic carbocycles. The molecule has 9 heteroatoms. The predicted molar refractivity (Wildman–Crippen MR) is 108 cm³/mol. The lowest BCUT2D eigenvalue weighted by atomic mass is 10.1. The Morgan fingerprint density at radius 3 is 2.48 bits per heavy atom. The fraction of sp³-hybridized carbons (Fsp3) is 0.300. The molecule has 0 bridgehead atoms. The number of halogens is 2. The topological polar surface area (TPSA) is 101 Å². The molecule has 3 aromatic rings. The fourth-order valence-electron chi connectivity index (χ4n) is 2.74. The van der Waals surface area contributed by atoms with Gasteiger partial charge in [-0.1, -0.05) is 12.1 Å². The molecule has 0 spiro atoms. The molecule has 5 N–H and O–H groups in total. The Hall–Kier alpha value is -3.20. The van der Waals surface area contributed by atoms with E-state index < -0.39 is 5.82 Å². The molecule has 0 fully saturated rings. The SMILES string of the molecule is CC(C)Oc1cc(Nc2nc(NC(C)c3ccc(F)cc3)c(CN)cc2F)n[nH]1. The lowest BCUT2D eigenvalue weighted by molar-refractivity contribution is 0.232. The molecule has 7 nitrogen and oxygen atoms in total. The zero-order valence-electron chi connectivity index (χ0n) is 16.5. The molecule has 29 heavy (non-hydrogen) atoms. The number of benzene rings is 1. The van der Waals surface area contributed by atoms with Crippen molar-refractivity contribution in [3.8, 4) is 5.88 Å². The second-order valence-corrected chi connectivity index (χ2v) is 6.86. The van der Waals surface area contributed by atoms with Gasteiger partial charge in [0, 0.05) is 24.2 Å². The second-order valence-electron chi connectivity index (χ2n) is 6.86. The van der Waals surface area contributed by atoms with Crippen LogP contribution < -0.4 is 21.1 Å². The summed E-state index contributed by atoms with van der Waals surface area (Å²) in [4.78, 5) is 4.35. The summed E-state index contributed by atoms with van der Waals surface area (Å²) < 4.78 is 33.2. The molecule has 2 heterocycles. The Bertz CT molecular complexity index is 958. The van der Waals surface area contributed by atoms with E-state index in [1.807, 2.05) is 20.8 Å². The molecule has 0 aliphatic rings. The Morgan fingerprint density at radius 2 is 1.83 bits per heavy atom. The molecule has 1 unspecified atom stereocenters. The number of nitrogens with two attached hydrogens (primary N) is 1. The summed E-state index contributed by atoms with van der Waals surface area (Å²) in [6, 6.07) is 8.88. The van der Waals surface area contributed by atoms with Crippen LogP contribution in [0.15, 0.2) is 36.4 Å². The van der Waals surface area contributed by atoms with Gasteiger partial charge in [0.05, 0.1) is 6.10 Å². The summed E-state index contributed by atoms with van der Waals surface area (Å²) in [6.45, 7) is 5.79. The predicted octanol–water partition coefficient (Wildman–Crippen LogP) is 4.25. The number of hydrogen-bond acceptors (Lipinski definition) is 6. The van der Waals surface area contributed by atoms with Crippen LogP contribution in [0.5, 0.6) is 5.88 Å². The highest BCUT2D eigenvalue weighted by Gasteiger charge is 2.15. The van der Waals surface area contributed by atoms with E-state index in [9.17, 15) is 8.78 Å². The molecule has 0 aliphatic carbocycles. The minimum Gasteiger partial charge on any atom is -0.475 e. The Labute approximate surface area is 167 Å². The second kappa shape index (κ2) is 8.87. The van der Waals surface area contributed by atoms with E-state index in [-0.39, 0.29) is 30.3 Å². The van der Waals surface area contributed by atoms with Crippen LogP contribution in [-0.4, -0.2) is 21.3 Å². The van der Waals surface area contributed by atoms with Gasteiger partial charge in [-0.15, -0.1) is 0 Å². The monoisotopic (exact) mass is 402 g/mol. The molecule has 0 saturated heterocycles. The van der Waals surface area contributed by atoms with Crippen LogP contribution in [0.2, 0.25) is 0 Å². The van der Waals surface area contributed by atoms with E-state index >= 15 is 0 Å². The lowest BCUT2D eigenvalue weighted by Crippen LogP contribution is -2.13. The van der Waals surface area contributed by atoms with Gasteiger partial charge in [0.2, 0.25) is 5.88 Å². The van der Waals surface area contributed by atoms with Gasteiger partial charge in [-0.25, -0.2) is 18.9 Å². The van der Waals surface area contributed by atoms with E-state index in [0.717, 1.165) is 5.56 Å². The standard InChI is InChI=1S/C20H24F2N6O/c1-11(2)29-18-9-17(27-28-18)25-20-16(22)8-14(10-23)19(26-20)24-12(3)13-4-6-15(21)7-5-13/h4-9,11-12H,10,23H2,1-3H3,(H3,24,25,26,27,28). The minimum absolute atomic E-state index is 0.00129. The molecule has 0 saturated carbocycles. The summed E-state index contributed by atoms with van der Waals surface area (Å²) in [7, 11) is 0. The third-order valence-electron chi connectivity index (χ3n) is 4.16. The summed E-state index contributed by atoms with van der Waals surface area (Å²) in [6.07, 6.45) is -0.0225. The molecule has 0 aliphatic heterocycles. The van der Waals surface area contributed by atoms with Crippen molar-refractivity contribution in [3.63, 3.8) is 0 Å². The minimum atomic E-state index is -0.556. The van der Waals surface area contributed by atoms with Crippen LogP contribution in [0.4, 0.5) is 26.2 Å². The number of aromatic nitrogens is 3. The first kappa shape index (κ1) is 20.5. The number of ether oxygens (including phenoxy) is 1. The maximum absolute atomic E-state index is 14.5. The van der Waals surface area contributed by atoms with E-state index in [2.05, 4.69) is 25.8 Å².